The van der Waals surface area contributed by atoms with E-state index >= 15 is 0 Å². The molecule has 1 heterocycles. The van der Waals surface area contributed by atoms with E-state index in [1.165, 1.54) is 42.9 Å². The first-order chi connectivity index (χ1) is 13.1. The van der Waals surface area contributed by atoms with E-state index in [4.69, 9.17) is 4.99 Å². The van der Waals surface area contributed by atoms with Crippen LogP contribution in [0.4, 0.5) is 15.8 Å². The molecule has 4 heteroatoms. The number of halogens is 1. The smallest absolute Gasteiger partial charge is 0.128 e. The third-order valence-corrected chi connectivity index (χ3v) is 6.04. The first kappa shape index (κ1) is 18.0. The summed E-state index contributed by atoms with van der Waals surface area (Å²) in [7, 11) is 0. The Morgan fingerprint density at radius 3 is 2.33 bits per heavy atom. The van der Waals surface area contributed by atoms with Gasteiger partial charge in [0, 0.05) is 5.56 Å². The molecule has 2 N–H and O–H groups in total. The molecular formula is C23H28FN3. The fourth-order valence-corrected chi connectivity index (χ4v) is 4.26. The Kier molecular flexibility index (Phi) is 4.90. The topological polar surface area (TPSA) is 36.4 Å². The number of anilines is 2. The molecule has 0 aromatic heterocycles. The van der Waals surface area contributed by atoms with Gasteiger partial charge in [-0.15, -0.1) is 0 Å². The van der Waals surface area contributed by atoms with Gasteiger partial charge in [-0.1, -0.05) is 43.9 Å². The average molecular weight is 365 g/mol. The van der Waals surface area contributed by atoms with Crippen LogP contribution < -0.4 is 10.6 Å². The Labute approximate surface area is 161 Å². The minimum Gasteiger partial charge on any atom is -0.371 e. The van der Waals surface area contributed by atoms with Crippen LogP contribution >= 0.6 is 0 Å². The molecule has 1 saturated carbocycles. The van der Waals surface area contributed by atoms with Crippen LogP contribution in [0.1, 0.15) is 55.2 Å². The lowest BCUT2D eigenvalue weighted by Gasteiger charge is -2.41. The molecule has 0 unspecified atom stereocenters. The number of fused-ring (bicyclic) bond motifs is 1. The number of hydrogen-bond donors (Lipinski definition) is 2. The summed E-state index contributed by atoms with van der Waals surface area (Å²) < 4.78 is 14.1. The second-order valence-corrected chi connectivity index (χ2v) is 7.98. The zero-order chi connectivity index (χ0) is 18.9. The van der Waals surface area contributed by atoms with Gasteiger partial charge in [-0.25, -0.2) is 4.39 Å². The van der Waals surface area contributed by atoms with Crippen LogP contribution in [0.5, 0.6) is 0 Å². The van der Waals surface area contributed by atoms with Crippen molar-refractivity contribution in [3.63, 3.8) is 0 Å². The van der Waals surface area contributed by atoms with Crippen LogP contribution in [0.25, 0.3) is 0 Å². The van der Waals surface area contributed by atoms with Gasteiger partial charge in [0.2, 0.25) is 0 Å². The average Bonchev–Trinajstić information content (AvgIpc) is 2.89. The second kappa shape index (κ2) is 7.34. The van der Waals surface area contributed by atoms with Gasteiger partial charge in [-0.05, 0) is 56.0 Å². The summed E-state index contributed by atoms with van der Waals surface area (Å²) in [5.74, 6) is 0.774. The predicted molar refractivity (Wildman–Crippen MR) is 111 cm³/mol. The highest BCUT2D eigenvalue weighted by Gasteiger charge is 2.40. The summed E-state index contributed by atoms with van der Waals surface area (Å²) >= 11 is 0. The van der Waals surface area contributed by atoms with E-state index in [-0.39, 0.29) is 11.4 Å². The van der Waals surface area contributed by atoms with Crippen molar-refractivity contribution in [3.05, 3.63) is 58.9 Å². The lowest BCUT2D eigenvalue weighted by Crippen LogP contribution is -2.52. The summed E-state index contributed by atoms with van der Waals surface area (Å²) in [6, 6.07) is 11.3. The molecule has 0 radical (unpaired) electrons. The van der Waals surface area contributed by atoms with Gasteiger partial charge < -0.3 is 10.6 Å². The van der Waals surface area contributed by atoms with Crippen molar-refractivity contribution in [2.24, 2.45) is 4.99 Å². The molecule has 0 saturated heterocycles. The van der Waals surface area contributed by atoms with E-state index < -0.39 is 0 Å². The monoisotopic (exact) mass is 365 g/mol. The maximum Gasteiger partial charge on any atom is 0.128 e. The molecule has 1 aliphatic heterocycles. The minimum absolute atomic E-state index is 0.170. The van der Waals surface area contributed by atoms with Crippen LogP contribution in [0, 0.1) is 19.7 Å². The van der Waals surface area contributed by atoms with E-state index in [2.05, 4.69) is 36.6 Å². The number of benzene rings is 2. The molecule has 142 valence electrons. The molecular weight excluding hydrogens is 337 g/mol. The van der Waals surface area contributed by atoms with E-state index in [1.807, 2.05) is 12.1 Å². The van der Waals surface area contributed by atoms with Crippen molar-refractivity contribution < 1.29 is 4.39 Å². The Morgan fingerprint density at radius 2 is 1.63 bits per heavy atom. The van der Waals surface area contributed by atoms with Crippen molar-refractivity contribution in [3.8, 4) is 0 Å². The highest BCUT2D eigenvalue weighted by atomic mass is 19.1. The summed E-state index contributed by atoms with van der Waals surface area (Å²) in [5.41, 5.74) is 5.25. The van der Waals surface area contributed by atoms with Crippen molar-refractivity contribution in [1.29, 1.82) is 0 Å². The summed E-state index contributed by atoms with van der Waals surface area (Å²) in [5, 5.41) is 7.44. The number of nitrogens with one attached hydrogen (secondary N) is 2. The third-order valence-electron chi connectivity index (χ3n) is 6.04. The Balaban J connectivity index is 1.72. The molecule has 2 aliphatic rings. The van der Waals surface area contributed by atoms with Crippen molar-refractivity contribution in [2.75, 3.05) is 10.6 Å². The molecule has 0 atom stereocenters. The summed E-state index contributed by atoms with van der Waals surface area (Å²) in [4.78, 5) is 4.89. The molecule has 27 heavy (non-hydrogen) atoms. The maximum absolute atomic E-state index is 14.1. The fourth-order valence-electron chi connectivity index (χ4n) is 4.26. The second-order valence-electron chi connectivity index (χ2n) is 7.98. The largest absolute Gasteiger partial charge is 0.371 e. The highest BCUT2D eigenvalue weighted by Crippen LogP contribution is 2.40. The van der Waals surface area contributed by atoms with Crippen LogP contribution in [-0.2, 0) is 6.54 Å². The predicted octanol–water partition coefficient (Wildman–Crippen LogP) is 5.97. The van der Waals surface area contributed by atoms with Gasteiger partial charge in [0.25, 0.3) is 0 Å². The van der Waals surface area contributed by atoms with Crippen molar-refractivity contribution >= 4 is 17.2 Å². The van der Waals surface area contributed by atoms with Crippen LogP contribution in [0.3, 0.4) is 0 Å². The number of rotatable bonds is 2. The minimum atomic E-state index is -0.188. The molecule has 1 spiro atoms. The standard InChI is InChI=1S/C23H28FN3/c1-16-13-20-21(14-17(16)2)27-23(11-7-3-4-8-12-23)22(26-20)25-15-18-9-5-6-10-19(18)24/h5-6,9-10,13-14,27H,3-4,7-8,11-12,15H2,1-2H3,(H,25,26). The lowest BCUT2D eigenvalue weighted by atomic mass is 9.85. The molecule has 2 aromatic carbocycles. The molecule has 2 aromatic rings. The number of amidine groups is 1. The van der Waals surface area contributed by atoms with Crippen LogP contribution in [-0.4, -0.2) is 11.4 Å². The molecule has 3 nitrogen and oxygen atoms in total. The third kappa shape index (κ3) is 3.58. The quantitative estimate of drug-likeness (QED) is 0.688. The van der Waals surface area contributed by atoms with Gasteiger partial charge in [0.1, 0.15) is 11.7 Å². The number of nitrogens with zero attached hydrogens (tertiary/aromatic N) is 1. The molecule has 1 aliphatic carbocycles. The Bertz CT molecular complexity index is 864. The van der Waals surface area contributed by atoms with Crippen molar-refractivity contribution in [2.45, 2.75) is 64.5 Å². The molecule has 1 fully saturated rings. The molecule has 4 rings (SSSR count). The van der Waals surface area contributed by atoms with E-state index in [0.29, 0.717) is 12.1 Å². The Hall–Kier alpha value is -2.36. The SMILES string of the molecule is Cc1cc2c(cc1C)NC1(CCCCCC1)C(=NCc1ccccc1F)N2. The highest BCUT2D eigenvalue weighted by molar-refractivity contribution is 6.09. The Morgan fingerprint density at radius 1 is 0.963 bits per heavy atom. The normalized spacial score (nSPS) is 19.9. The number of aliphatic imine (C=N–C) groups is 1. The van der Waals surface area contributed by atoms with Gasteiger partial charge in [0.05, 0.1) is 23.5 Å². The summed E-state index contributed by atoms with van der Waals surface area (Å²) in [6.07, 6.45) is 7.03. The van der Waals surface area contributed by atoms with E-state index in [0.717, 1.165) is 30.1 Å². The number of hydrogen-bond acceptors (Lipinski definition) is 2. The first-order valence-corrected chi connectivity index (χ1v) is 10.0. The van der Waals surface area contributed by atoms with Crippen molar-refractivity contribution in [1.82, 2.24) is 0 Å². The van der Waals surface area contributed by atoms with Gasteiger partial charge in [-0.2, -0.15) is 0 Å². The summed E-state index contributed by atoms with van der Waals surface area (Å²) in [6.45, 7) is 4.64. The van der Waals surface area contributed by atoms with Crippen LogP contribution in [0.2, 0.25) is 0 Å². The van der Waals surface area contributed by atoms with Gasteiger partial charge in [-0.3, -0.25) is 4.99 Å². The zero-order valence-corrected chi connectivity index (χ0v) is 16.2. The molecule has 0 amide bonds. The first-order valence-electron chi connectivity index (χ1n) is 10.0. The maximum atomic E-state index is 14.1. The van der Waals surface area contributed by atoms with Gasteiger partial charge in [0.15, 0.2) is 0 Å². The van der Waals surface area contributed by atoms with Gasteiger partial charge >= 0.3 is 0 Å². The molecule has 0 bridgehead atoms. The number of aryl methyl sites for hydroxylation is 2. The zero-order valence-electron chi connectivity index (χ0n) is 16.2. The fraction of sp³-hybridized carbons (Fsp3) is 0.435. The lowest BCUT2D eigenvalue weighted by molar-refractivity contribution is 0.523. The van der Waals surface area contributed by atoms with Crippen LogP contribution in [0.15, 0.2) is 41.4 Å². The van der Waals surface area contributed by atoms with E-state index in [9.17, 15) is 4.39 Å². The van der Waals surface area contributed by atoms with E-state index in [1.54, 1.807) is 6.07 Å².